The molecule has 0 unspecified atom stereocenters. The molecule has 0 rings (SSSR count). The SMILES string of the molecule is O=C(O)O.[AlH3].[Co].[Ni]. The summed E-state index contributed by atoms with van der Waals surface area (Å²) in [6.07, 6.45) is -1.83. The normalized spacial score (nSPS) is 3.43. The molecule has 0 bridgehead atoms. The Kier molecular flexibility index (Phi) is 56.5. The van der Waals surface area contributed by atoms with Crippen LogP contribution in [0, 0.1) is 0 Å². The van der Waals surface area contributed by atoms with Crippen molar-refractivity contribution in [1.82, 2.24) is 0 Å². The maximum atomic E-state index is 8.56. The molecular formula is CH5AlCoNiO3. The molecule has 0 spiro atoms. The van der Waals surface area contributed by atoms with Crippen LogP contribution >= 0.6 is 0 Å². The van der Waals surface area contributed by atoms with Crippen LogP contribution in [0.25, 0.3) is 0 Å². The van der Waals surface area contributed by atoms with E-state index >= 15 is 0 Å². The van der Waals surface area contributed by atoms with Crippen LogP contribution in [-0.2, 0) is 33.3 Å². The van der Waals surface area contributed by atoms with Gasteiger partial charge in [0, 0.05) is 33.3 Å². The monoisotopic (exact) mass is 209 g/mol. The van der Waals surface area contributed by atoms with E-state index in [1.165, 1.54) is 0 Å². The summed E-state index contributed by atoms with van der Waals surface area (Å²) in [6, 6.07) is 0. The van der Waals surface area contributed by atoms with Gasteiger partial charge in [0.1, 0.15) is 0 Å². The molecule has 0 saturated heterocycles. The van der Waals surface area contributed by atoms with Crippen molar-refractivity contribution in [2.45, 2.75) is 0 Å². The van der Waals surface area contributed by atoms with Gasteiger partial charge in [0.15, 0.2) is 17.4 Å². The summed E-state index contributed by atoms with van der Waals surface area (Å²) in [5.41, 5.74) is 0. The minimum atomic E-state index is -1.83. The summed E-state index contributed by atoms with van der Waals surface area (Å²) in [5.74, 6) is 0. The fraction of sp³-hybridized carbons (Fsp3) is 0. The molecule has 0 fully saturated rings. The molecule has 0 aliphatic carbocycles. The summed E-state index contributed by atoms with van der Waals surface area (Å²) >= 11 is 0. The van der Waals surface area contributed by atoms with Crippen LogP contribution in [0.4, 0.5) is 4.79 Å². The van der Waals surface area contributed by atoms with Crippen molar-refractivity contribution in [1.29, 1.82) is 0 Å². The molecule has 0 atom stereocenters. The molecule has 0 aromatic heterocycles. The fourth-order valence-electron chi connectivity index (χ4n) is 0. The molecule has 7 heavy (non-hydrogen) atoms. The summed E-state index contributed by atoms with van der Waals surface area (Å²) < 4.78 is 0. The van der Waals surface area contributed by atoms with Crippen molar-refractivity contribution in [3.8, 4) is 0 Å². The topological polar surface area (TPSA) is 57.5 Å². The van der Waals surface area contributed by atoms with E-state index < -0.39 is 6.16 Å². The summed E-state index contributed by atoms with van der Waals surface area (Å²) in [6.45, 7) is 0. The van der Waals surface area contributed by atoms with Crippen molar-refractivity contribution < 1.29 is 48.3 Å². The quantitative estimate of drug-likeness (QED) is 0.505. The van der Waals surface area contributed by atoms with Crippen molar-refractivity contribution in [2.75, 3.05) is 0 Å². The van der Waals surface area contributed by atoms with Crippen molar-refractivity contribution in [2.24, 2.45) is 0 Å². The van der Waals surface area contributed by atoms with E-state index in [0.717, 1.165) is 0 Å². The van der Waals surface area contributed by atoms with Crippen LogP contribution in [0.2, 0.25) is 0 Å². The fourth-order valence-corrected chi connectivity index (χ4v) is 0. The molecular weight excluding hydrogens is 205 g/mol. The molecule has 1 radical (unpaired) electrons. The van der Waals surface area contributed by atoms with Gasteiger partial charge in [0.05, 0.1) is 0 Å². The van der Waals surface area contributed by atoms with Gasteiger partial charge in [0.2, 0.25) is 0 Å². The predicted octanol–water partition coefficient (Wildman–Crippen LogP) is -0.966. The smallest absolute Gasteiger partial charge is 0.450 e. The second-order valence-electron chi connectivity index (χ2n) is 0.283. The van der Waals surface area contributed by atoms with Crippen LogP contribution in [0.15, 0.2) is 0 Å². The Labute approximate surface area is 71.7 Å². The van der Waals surface area contributed by atoms with E-state index in [-0.39, 0.29) is 50.6 Å². The molecule has 0 aliphatic rings. The molecule has 3 nitrogen and oxygen atoms in total. The van der Waals surface area contributed by atoms with Crippen molar-refractivity contribution in [3.63, 3.8) is 0 Å². The zero-order valence-corrected chi connectivity index (χ0v) is 4.48. The third-order valence-electron chi connectivity index (χ3n) is 0. The first-order valence-electron chi connectivity index (χ1n) is 0.651. The summed E-state index contributed by atoms with van der Waals surface area (Å²) in [4.78, 5) is 8.56. The van der Waals surface area contributed by atoms with Gasteiger partial charge in [-0.25, -0.2) is 4.79 Å². The van der Waals surface area contributed by atoms with E-state index in [1.54, 1.807) is 0 Å². The largest absolute Gasteiger partial charge is 0.503 e. The predicted molar refractivity (Wildman–Crippen MR) is 20.6 cm³/mol. The second kappa shape index (κ2) is 15.8. The molecule has 6 heteroatoms. The van der Waals surface area contributed by atoms with E-state index in [2.05, 4.69) is 0 Å². The third kappa shape index (κ3) is 244. The zero-order chi connectivity index (χ0) is 3.58. The van der Waals surface area contributed by atoms with Gasteiger partial charge in [0.25, 0.3) is 0 Å². The molecule has 2 N–H and O–H groups in total. The second-order valence-corrected chi connectivity index (χ2v) is 0.283. The van der Waals surface area contributed by atoms with Crippen LogP contribution in [-0.4, -0.2) is 33.7 Å². The first-order valence-corrected chi connectivity index (χ1v) is 0.651. The Bertz CT molecular complexity index is 37.9. The van der Waals surface area contributed by atoms with E-state index in [1.807, 2.05) is 0 Å². The van der Waals surface area contributed by atoms with Gasteiger partial charge < -0.3 is 10.2 Å². The zero-order valence-electron chi connectivity index (χ0n) is 2.45. The van der Waals surface area contributed by atoms with Crippen LogP contribution in [0.5, 0.6) is 0 Å². The molecule has 0 saturated carbocycles. The summed E-state index contributed by atoms with van der Waals surface area (Å²) in [5, 5.41) is 13.9. The van der Waals surface area contributed by atoms with Gasteiger partial charge in [-0.15, -0.1) is 0 Å². The maximum Gasteiger partial charge on any atom is 0.503 e. The maximum absolute atomic E-state index is 8.56. The molecule has 0 aromatic rings. The van der Waals surface area contributed by atoms with E-state index in [0.29, 0.717) is 0 Å². The Morgan fingerprint density at radius 1 is 1.29 bits per heavy atom. The number of hydrogen-bond donors (Lipinski definition) is 2. The molecule has 0 aromatic carbocycles. The van der Waals surface area contributed by atoms with Crippen molar-refractivity contribution >= 4 is 23.5 Å². The minimum Gasteiger partial charge on any atom is -0.450 e. The van der Waals surface area contributed by atoms with E-state index in [9.17, 15) is 0 Å². The average Bonchev–Trinajstić information content (AvgIpc) is 0.811. The standard InChI is InChI=1S/CH2O3.Al.Co.Ni.3H/c2-1(3)4;;;;;;/h(H2,2,3,4);;;;;;. The minimum absolute atomic E-state index is 0. The van der Waals surface area contributed by atoms with Gasteiger partial charge in [-0.2, -0.15) is 0 Å². The van der Waals surface area contributed by atoms with Gasteiger partial charge >= 0.3 is 6.16 Å². The number of carboxylic acid groups (broad SMARTS) is 2. The number of hydrogen-bond acceptors (Lipinski definition) is 1. The number of rotatable bonds is 0. The summed E-state index contributed by atoms with van der Waals surface area (Å²) in [7, 11) is 0. The number of carbonyl (C=O) groups is 1. The Hall–Kier alpha value is 0.802. The van der Waals surface area contributed by atoms with Gasteiger partial charge in [-0.3, -0.25) is 0 Å². The van der Waals surface area contributed by atoms with Crippen LogP contribution in [0.1, 0.15) is 0 Å². The molecule has 49 valence electrons. The molecule has 0 amide bonds. The van der Waals surface area contributed by atoms with Crippen LogP contribution in [0.3, 0.4) is 0 Å². The molecule has 0 aliphatic heterocycles. The van der Waals surface area contributed by atoms with Crippen molar-refractivity contribution in [3.05, 3.63) is 0 Å². The Balaban J connectivity index is -0.0000000150. The van der Waals surface area contributed by atoms with Gasteiger partial charge in [-0.05, 0) is 0 Å². The van der Waals surface area contributed by atoms with Crippen LogP contribution < -0.4 is 0 Å². The van der Waals surface area contributed by atoms with E-state index in [4.69, 9.17) is 15.0 Å². The Morgan fingerprint density at radius 2 is 1.29 bits per heavy atom. The Morgan fingerprint density at radius 3 is 1.29 bits per heavy atom. The third-order valence-corrected chi connectivity index (χ3v) is 0. The first-order chi connectivity index (χ1) is 1.73. The average molecular weight is 210 g/mol. The molecule has 0 heterocycles. The van der Waals surface area contributed by atoms with Gasteiger partial charge in [-0.1, -0.05) is 0 Å². The first kappa shape index (κ1) is 25.0.